The molecule has 0 spiro atoms. The Hall–Kier alpha value is -2.07. The van der Waals surface area contributed by atoms with Crippen molar-refractivity contribution < 1.29 is 38.2 Å². The lowest BCUT2D eigenvalue weighted by Crippen LogP contribution is -2.56. The number of nitrogens with one attached hydrogen (secondary N) is 2. The Bertz CT molecular complexity index is 610. The summed E-state index contributed by atoms with van der Waals surface area (Å²) < 4.78 is 16.3. The van der Waals surface area contributed by atoms with Crippen molar-refractivity contribution in [2.45, 2.75) is 92.0 Å². The summed E-state index contributed by atoms with van der Waals surface area (Å²) >= 11 is 0. The number of rotatable bonds is 12. The largest absolute Gasteiger partial charge is 0.456 e. The molecule has 0 aliphatic rings. The van der Waals surface area contributed by atoms with E-state index < -0.39 is 29.0 Å². The fourth-order valence-corrected chi connectivity index (χ4v) is 3.27. The number of amides is 2. The van der Waals surface area contributed by atoms with E-state index in [0.717, 1.165) is 0 Å². The molecule has 2 amide bonds. The van der Waals surface area contributed by atoms with Gasteiger partial charge in [-0.15, -0.1) is 0 Å². The second-order valence-corrected chi connectivity index (χ2v) is 11.5. The third-order valence-corrected chi connectivity index (χ3v) is 4.41. The number of hydrogen-bond acceptors (Lipinski definition) is 7. The van der Waals surface area contributed by atoms with Crippen LogP contribution < -0.4 is 10.6 Å². The smallest absolute Gasteiger partial charge is 0.407 e. The van der Waals surface area contributed by atoms with E-state index in [-0.39, 0.29) is 23.6 Å². The highest BCUT2D eigenvalue weighted by Gasteiger charge is 2.32. The summed E-state index contributed by atoms with van der Waals surface area (Å²) in [6.45, 7) is 18.3. The molecule has 34 heavy (non-hydrogen) atoms. The molecule has 0 bridgehead atoms. The Balaban J connectivity index is 5.09. The fraction of sp³-hybridized carbons (Fsp3) is 0.875. The van der Waals surface area contributed by atoms with Gasteiger partial charge in [-0.05, 0) is 62.3 Å². The van der Waals surface area contributed by atoms with Crippen LogP contribution in [0.3, 0.4) is 0 Å². The van der Waals surface area contributed by atoms with Crippen molar-refractivity contribution in [2.24, 2.45) is 0 Å². The lowest BCUT2D eigenvalue weighted by atomic mass is 10.2. The van der Waals surface area contributed by atoms with Crippen LogP contribution in [-0.2, 0) is 19.0 Å². The number of carbonyl (C=O) groups excluding carboxylic acids is 3. The number of hydrogen-bond donors (Lipinski definition) is 3. The summed E-state index contributed by atoms with van der Waals surface area (Å²) in [5.41, 5.74) is -1.79. The quantitative estimate of drug-likeness (QED) is 0.166. The number of carbonyl (C=O) groups is 3. The molecule has 0 unspecified atom stereocenters. The second-order valence-electron chi connectivity index (χ2n) is 11.5. The predicted octanol–water partition coefficient (Wildman–Crippen LogP) is 2.97. The molecule has 0 aliphatic carbocycles. The van der Waals surface area contributed by atoms with Gasteiger partial charge in [-0.1, -0.05) is 0 Å². The van der Waals surface area contributed by atoms with Crippen molar-refractivity contribution in [2.75, 3.05) is 45.9 Å². The third-order valence-electron chi connectivity index (χ3n) is 4.41. The lowest BCUT2D eigenvalue weighted by molar-refractivity contribution is -0.922. The first-order chi connectivity index (χ1) is 15.4. The van der Waals surface area contributed by atoms with Gasteiger partial charge in [0.2, 0.25) is 0 Å². The van der Waals surface area contributed by atoms with Crippen molar-refractivity contribution in [3.8, 4) is 0 Å². The van der Waals surface area contributed by atoms with Crippen LogP contribution in [0.5, 0.6) is 0 Å². The van der Waals surface area contributed by atoms with E-state index in [2.05, 4.69) is 10.6 Å². The van der Waals surface area contributed by atoms with Crippen molar-refractivity contribution in [3.05, 3.63) is 0 Å². The maximum Gasteiger partial charge on any atom is 0.407 e. The Kier molecular flexibility index (Phi) is 12.9. The van der Waals surface area contributed by atoms with Gasteiger partial charge in [0.1, 0.15) is 23.3 Å². The van der Waals surface area contributed by atoms with Gasteiger partial charge in [0.05, 0.1) is 19.7 Å². The molecular weight excluding hydrogens is 442 g/mol. The summed E-state index contributed by atoms with van der Waals surface area (Å²) in [5.74, 6) is -0.360. The normalized spacial score (nSPS) is 12.6. The zero-order valence-electron chi connectivity index (χ0n) is 22.7. The van der Waals surface area contributed by atoms with E-state index in [4.69, 9.17) is 14.2 Å². The summed E-state index contributed by atoms with van der Waals surface area (Å²) in [6, 6.07) is 0. The monoisotopic (exact) mass is 490 g/mol. The molecule has 0 heterocycles. The molecule has 10 heteroatoms. The molecule has 0 aromatic carbocycles. The van der Waals surface area contributed by atoms with Gasteiger partial charge in [0, 0.05) is 25.9 Å². The number of aliphatic hydroxyl groups excluding tert-OH is 1. The highest BCUT2D eigenvalue weighted by molar-refractivity contribution is 5.71. The van der Waals surface area contributed by atoms with E-state index in [1.807, 2.05) is 0 Å². The molecule has 200 valence electrons. The average molecular weight is 491 g/mol. The molecule has 0 saturated heterocycles. The van der Waals surface area contributed by atoms with Gasteiger partial charge in [-0.2, -0.15) is 0 Å². The van der Waals surface area contributed by atoms with E-state index in [1.54, 1.807) is 62.3 Å². The Morgan fingerprint density at radius 3 is 1.38 bits per heavy atom. The lowest BCUT2D eigenvalue weighted by Gasteiger charge is -2.38. The van der Waals surface area contributed by atoms with Gasteiger partial charge in [0.15, 0.2) is 6.54 Å². The van der Waals surface area contributed by atoms with Gasteiger partial charge >= 0.3 is 18.2 Å². The fourth-order valence-electron chi connectivity index (χ4n) is 3.27. The van der Waals surface area contributed by atoms with Crippen LogP contribution in [0.1, 0.15) is 75.2 Å². The van der Waals surface area contributed by atoms with E-state index >= 15 is 0 Å². The highest BCUT2D eigenvalue weighted by atomic mass is 16.6. The summed E-state index contributed by atoms with van der Waals surface area (Å²) in [5, 5.41) is 15.2. The van der Waals surface area contributed by atoms with Crippen LogP contribution in [0, 0.1) is 0 Å². The Morgan fingerprint density at radius 1 is 0.676 bits per heavy atom. The first kappa shape index (κ1) is 31.9. The molecular formula is C24H48N3O7+. The first-order valence-electron chi connectivity index (χ1n) is 12.0. The summed E-state index contributed by atoms with van der Waals surface area (Å²) in [4.78, 5) is 36.5. The van der Waals surface area contributed by atoms with Gasteiger partial charge in [-0.25, -0.2) is 14.4 Å². The van der Waals surface area contributed by atoms with Crippen molar-refractivity contribution in [1.29, 1.82) is 0 Å². The molecule has 0 saturated carbocycles. The SMILES string of the molecule is CC(C)(C)OC(=O)C[N+](CCO)(CCCNC(=O)OC(C)(C)C)CCCNC(=O)OC(C)(C)C. The second kappa shape index (κ2) is 13.7. The number of aliphatic hydroxyl groups is 1. The predicted molar refractivity (Wildman–Crippen MR) is 130 cm³/mol. The zero-order chi connectivity index (χ0) is 26.6. The summed E-state index contributed by atoms with van der Waals surface area (Å²) in [7, 11) is 0. The number of esters is 1. The van der Waals surface area contributed by atoms with E-state index in [9.17, 15) is 19.5 Å². The molecule has 10 nitrogen and oxygen atoms in total. The maximum atomic E-state index is 12.6. The van der Waals surface area contributed by atoms with Gasteiger partial charge in [0.25, 0.3) is 0 Å². The molecule has 0 aromatic rings. The zero-order valence-corrected chi connectivity index (χ0v) is 22.7. The minimum absolute atomic E-state index is 0.0801. The van der Waals surface area contributed by atoms with Crippen LogP contribution in [0.2, 0.25) is 0 Å². The van der Waals surface area contributed by atoms with Crippen LogP contribution in [0.4, 0.5) is 9.59 Å². The topological polar surface area (TPSA) is 123 Å². The Morgan fingerprint density at radius 2 is 1.06 bits per heavy atom. The molecule has 0 rings (SSSR count). The third kappa shape index (κ3) is 17.4. The van der Waals surface area contributed by atoms with Gasteiger partial charge in [-0.3, -0.25) is 0 Å². The Labute approximate surface area is 205 Å². The maximum absolute atomic E-state index is 12.6. The molecule has 0 fully saturated rings. The summed E-state index contributed by atoms with van der Waals surface area (Å²) in [6.07, 6.45) is 0.145. The van der Waals surface area contributed by atoms with Crippen LogP contribution >= 0.6 is 0 Å². The van der Waals surface area contributed by atoms with E-state index in [1.165, 1.54) is 0 Å². The highest BCUT2D eigenvalue weighted by Crippen LogP contribution is 2.14. The number of nitrogens with zero attached hydrogens (tertiary/aromatic N) is 1. The molecule has 0 atom stereocenters. The van der Waals surface area contributed by atoms with Crippen LogP contribution in [-0.4, -0.2) is 90.4 Å². The van der Waals surface area contributed by atoms with E-state index in [0.29, 0.717) is 45.6 Å². The first-order valence-corrected chi connectivity index (χ1v) is 12.0. The van der Waals surface area contributed by atoms with Gasteiger partial charge < -0.3 is 34.4 Å². The number of alkyl carbamates (subject to hydrolysis) is 2. The molecule has 0 aliphatic heterocycles. The molecule has 3 N–H and O–H groups in total. The van der Waals surface area contributed by atoms with Crippen molar-refractivity contribution >= 4 is 18.2 Å². The van der Waals surface area contributed by atoms with Crippen molar-refractivity contribution in [1.82, 2.24) is 10.6 Å². The standard InChI is InChI=1S/C24H47N3O7/c1-22(2,3)32-19(29)18-27(16-17-28,14-10-12-25-20(30)33-23(4,5)6)15-11-13-26-21(31)34-24(7,8)9/h28H,10-18H2,1-9H3,(H-,25,26,30,31)/p+1. The van der Waals surface area contributed by atoms with Crippen LogP contribution in [0.15, 0.2) is 0 Å². The number of quaternary nitrogens is 1. The average Bonchev–Trinajstić information content (AvgIpc) is 2.58. The minimum atomic E-state index is -0.623. The molecule has 0 radical (unpaired) electrons. The van der Waals surface area contributed by atoms with Crippen molar-refractivity contribution in [3.63, 3.8) is 0 Å². The molecule has 0 aromatic heterocycles. The minimum Gasteiger partial charge on any atom is -0.456 e. The van der Waals surface area contributed by atoms with Crippen LogP contribution in [0.25, 0.3) is 0 Å². The number of ether oxygens (including phenoxy) is 3.